The van der Waals surface area contributed by atoms with Crippen LogP contribution in [0.1, 0.15) is 50.2 Å². The second kappa shape index (κ2) is 5.84. The predicted octanol–water partition coefficient (Wildman–Crippen LogP) is 2.76. The number of anilines is 2. The van der Waals surface area contributed by atoms with Crippen LogP contribution < -0.4 is 10.6 Å². The Hall–Kier alpha value is -1.82. The summed E-state index contributed by atoms with van der Waals surface area (Å²) in [4.78, 5) is 4.51. The molecule has 26 heavy (non-hydrogen) atoms. The molecule has 1 aromatic heterocycles. The molecular formula is C20H28N4O2. The van der Waals surface area contributed by atoms with E-state index in [9.17, 15) is 5.11 Å². The summed E-state index contributed by atoms with van der Waals surface area (Å²) in [6.45, 7) is 3.28. The molecule has 140 valence electrons. The smallest absolute Gasteiger partial charge is 0.216 e. The van der Waals surface area contributed by atoms with Crippen molar-refractivity contribution in [2.75, 3.05) is 23.8 Å². The predicted molar refractivity (Wildman–Crippen MR) is 101 cm³/mol. The van der Waals surface area contributed by atoms with Gasteiger partial charge in [0, 0.05) is 24.3 Å². The summed E-state index contributed by atoms with van der Waals surface area (Å²) in [5, 5.41) is 26.4. The lowest BCUT2D eigenvalue weighted by Gasteiger charge is -2.58. The van der Waals surface area contributed by atoms with E-state index in [2.05, 4.69) is 15.6 Å². The Balaban J connectivity index is 1.49. The van der Waals surface area contributed by atoms with Crippen LogP contribution >= 0.6 is 0 Å². The molecule has 4 saturated carbocycles. The van der Waals surface area contributed by atoms with E-state index in [0.717, 1.165) is 49.3 Å². The van der Waals surface area contributed by atoms with Gasteiger partial charge in [-0.25, -0.2) is 4.98 Å². The van der Waals surface area contributed by atoms with Gasteiger partial charge in [-0.05, 0) is 63.2 Å². The maximum atomic E-state index is 10.9. The number of ether oxygens (including phenoxy) is 1. The van der Waals surface area contributed by atoms with Gasteiger partial charge in [-0.1, -0.05) is 0 Å². The van der Waals surface area contributed by atoms with E-state index >= 15 is 0 Å². The highest BCUT2D eigenvalue weighted by molar-refractivity contribution is 5.99. The van der Waals surface area contributed by atoms with Crippen molar-refractivity contribution in [3.63, 3.8) is 0 Å². The van der Waals surface area contributed by atoms with Gasteiger partial charge >= 0.3 is 0 Å². The Morgan fingerprint density at radius 3 is 2.85 bits per heavy atom. The third kappa shape index (κ3) is 2.49. The maximum Gasteiger partial charge on any atom is 0.216 e. The number of hydrogen-bond acceptors (Lipinski definition) is 6. The monoisotopic (exact) mass is 356 g/mol. The zero-order valence-corrected chi connectivity index (χ0v) is 15.3. The molecule has 4 aliphatic carbocycles. The van der Waals surface area contributed by atoms with E-state index in [0.29, 0.717) is 30.4 Å². The van der Waals surface area contributed by atoms with Gasteiger partial charge in [0.25, 0.3) is 0 Å². The first-order valence-electron chi connectivity index (χ1n) is 10.0. The fourth-order valence-corrected chi connectivity index (χ4v) is 6.20. The summed E-state index contributed by atoms with van der Waals surface area (Å²) in [5.41, 5.74) is 2.56. The molecule has 2 unspecified atom stereocenters. The molecule has 0 amide bonds. The van der Waals surface area contributed by atoms with Crippen LogP contribution in [0.4, 0.5) is 11.5 Å². The van der Waals surface area contributed by atoms with E-state index in [1.807, 2.05) is 6.92 Å². The highest BCUT2D eigenvalue weighted by Gasteiger charge is 2.54. The molecule has 2 atom stereocenters. The summed E-state index contributed by atoms with van der Waals surface area (Å²) >= 11 is 0. The summed E-state index contributed by atoms with van der Waals surface area (Å²) in [5.74, 6) is 2.88. The van der Waals surface area contributed by atoms with E-state index in [1.165, 1.54) is 18.4 Å². The molecule has 0 saturated heterocycles. The van der Waals surface area contributed by atoms with Crippen molar-refractivity contribution in [2.24, 2.45) is 17.8 Å². The quantitative estimate of drug-likeness (QED) is 0.492. The number of rotatable bonds is 4. The molecule has 4 N–H and O–H groups in total. The van der Waals surface area contributed by atoms with Crippen LogP contribution in [0.2, 0.25) is 0 Å². The van der Waals surface area contributed by atoms with E-state index in [1.54, 1.807) is 6.20 Å². The maximum absolute atomic E-state index is 10.9. The Bertz CT molecular complexity index is 734. The van der Waals surface area contributed by atoms with Crippen LogP contribution in [-0.2, 0) is 11.2 Å². The van der Waals surface area contributed by atoms with Crippen molar-refractivity contribution in [1.29, 1.82) is 5.41 Å². The second-order valence-corrected chi connectivity index (χ2v) is 8.68. The standard InChI is InChI=1S/C20H28N4O2/c1-2-26-18(21)15-10-23-19-14(3-4-22-19)17(15)24-16-12-5-11-6-13(16)9-20(25,7-11)8-12/h10-13,16,21,25H,2-9H2,1H3,(H2,22,23,24)/t11?,12?,13?,16-,20+. The Labute approximate surface area is 154 Å². The van der Waals surface area contributed by atoms with Crippen molar-refractivity contribution in [3.8, 4) is 0 Å². The fraction of sp³-hybridized carbons (Fsp3) is 0.700. The summed E-state index contributed by atoms with van der Waals surface area (Å²) in [6.07, 6.45) is 7.97. The van der Waals surface area contributed by atoms with Gasteiger partial charge in [-0.2, -0.15) is 0 Å². The second-order valence-electron chi connectivity index (χ2n) is 8.68. The molecule has 0 spiro atoms. The third-order valence-corrected chi connectivity index (χ3v) is 6.93. The molecule has 6 rings (SSSR count). The van der Waals surface area contributed by atoms with Crippen LogP contribution in [0.3, 0.4) is 0 Å². The molecule has 4 fully saturated rings. The minimum Gasteiger partial charge on any atom is -0.478 e. The van der Waals surface area contributed by atoms with Gasteiger partial charge in [-0.15, -0.1) is 0 Å². The van der Waals surface area contributed by atoms with Crippen molar-refractivity contribution < 1.29 is 9.84 Å². The van der Waals surface area contributed by atoms with Gasteiger partial charge < -0.3 is 20.5 Å². The van der Waals surface area contributed by atoms with Crippen LogP contribution in [-0.4, -0.2) is 40.8 Å². The molecule has 4 bridgehead atoms. The highest BCUT2D eigenvalue weighted by atomic mass is 16.5. The molecule has 5 aliphatic rings. The van der Waals surface area contributed by atoms with Crippen LogP contribution in [0, 0.1) is 23.2 Å². The van der Waals surface area contributed by atoms with Gasteiger partial charge in [0.2, 0.25) is 5.90 Å². The number of pyridine rings is 1. The topological polar surface area (TPSA) is 90.3 Å². The largest absolute Gasteiger partial charge is 0.478 e. The van der Waals surface area contributed by atoms with Crippen molar-refractivity contribution in [2.45, 2.75) is 57.1 Å². The number of nitrogens with zero attached hydrogens (tertiary/aromatic N) is 1. The molecule has 6 heteroatoms. The van der Waals surface area contributed by atoms with Crippen LogP contribution in [0.25, 0.3) is 0 Å². The summed E-state index contributed by atoms with van der Waals surface area (Å²) in [7, 11) is 0. The van der Waals surface area contributed by atoms with Gasteiger partial charge in [0.15, 0.2) is 0 Å². The zero-order chi connectivity index (χ0) is 17.9. The molecule has 2 heterocycles. The van der Waals surface area contributed by atoms with Crippen LogP contribution in [0.15, 0.2) is 6.20 Å². The Morgan fingerprint density at radius 1 is 1.38 bits per heavy atom. The molecule has 1 aromatic rings. The lowest BCUT2D eigenvalue weighted by Crippen LogP contribution is -2.59. The molecule has 1 aliphatic heterocycles. The number of hydrogen-bond donors (Lipinski definition) is 4. The van der Waals surface area contributed by atoms with Gasteiger partial charge in [0.1, 0.15) is 5.82 Å². The lowest BCUT2D eigenvalue weighted by molar-refractivity contribution is -0.129. The third-order valence-electron chi connectivity index (χ3n) is 6.93. The average Bonchev–Trinajstić information content (AvgIpc) is 3.05. The normalized spacial score (nSPS) is 36.5. The first-order valence-corrected chi connectivity index (χ1v) is 10.0. The fourth-order valence-electron chi connectivity index (χ4n) is 6.20. The average molecular weight is 356 g/mol. The number of aliphatic hydroxyl groups is 1. The summed E-state index contributed by atoms with van der Waals surface area (Å²) in [6, 6.07) is 0.382. The first kappa shape index (κ1) is 16.4. The minimum atomic E-state index is -0.419. The highest BCUT2D eigenvalue weighted by Crippen LogP contribution is 2.56. The number of nitrogens with one attached hydrogen (secondary N) is 3. The molecule has 6 nitrogen and oxygen atoms in total. The first-order chi connectivity index (χ1) is 12.6. The van der Waals surface area contributed by atoms with Crippen molar-refractivity contribution in [3.05, 3.63) is 17.3 Å². The SMILES string of the molecule is CCOC(=N)c1cnc2c(c1N[C@H]1C3CC4CC1C[C@@](O)(C4)C3)CCN2. The van der Waals surface area contributed by atoms with E-state index in [-0.39, 0.29) is 5.90 Å². The Kier molecular flexibility index (Phi) is 3.68. The van der Waals surface area contributed by atoms with Crippen molar-refractivity contribution >= 4 is 17.4 Å². The molecular weight excluding hydrogens is 328 g/mol. The Morgan fingerprint density at radius 2 is 2.15 bits per heavy atom. The number of aromatic nitrogens is 1. The minimum absolute atomic E-state index is 0.194. The number of fused-ring (bicyclic) bond motifs is 1. The molecule has 0 radical (unpaired) electrons. The zero-order valence-electron chi connectivity index (χ0n) is 15.3. The van der Waals surface area contributed by atoms with Gasteiger partial charge in [0.05, 0.1) is 23.5 Å². The summed E-state index contributed by atoms with van der Waals surface area (Å²) < 4.78 is 5.49. The van der Waals surface area contributed by atoms with E-state index in [4.69, 9.17) is 10.1 Å². The van der Waals surface area contributed by atoms with E-state index < -0.39 is 5.60 Å². The van der Waals surface area contributed by atoms with Crippen molar-refractivity contribution in [1.82, 2.24) is 4.98 Å². The lowest BCUT2D eigenvalue weighted by atomic mass is 9.52. The molecule has 0 aromatic carbocycles. The van der Waals surface area contributed by atoms with Crippen LogP contribution in [0.5, 0.6) is 0 Å². The van der Waals surface area contributed by atoms with Gasteiger partial charge in [-0.3, -0.25) is 5.41 Å².